The lowest BCUT2D eigenvalue weighted by molar-refractivity contribution is -0.120. The van der Waals surface area contributed by atoms with Crippen molar-refractivity contribution in [1.82, 2.24) is 4.98 Å². The molecule has 1 aromatic rings. The number of hydrogen-bond acceptors (Lipinski definition) is 4. The number of imide groups is 1. The quantitative estimate of drug-likeness (QED) is 0.754. The zero-order chi connectivity index (χ0) is 12.6. The van der Waals surface area contributed by atoms with Gasteiger partial charge in [-0.1, -0.05) is 0 Å². The van der Waals surface area contributed by atoms with Crippen molar-refractivity contribution in [2.24, 2.45) is 0 Å². The van der Waals surface area contributed by atoms with Crippen LogP contribution in [0.5, 0.6) is 0 Å². The largest absolute Gasteiger partial charge is 0.476 e. The summed E-state index contributed by atoms with van der Waals surface area (Å²) in [6.07, 6.45) is 2.46. The van der Waals surface area contributed by atoms with E-state index in [0.717, 1.165) is 4.90 Å². The normalized spacial score (nSPS) is 15.1. The van der Waals surface area contributed by atoms with Crippen molar-refractivity contribution in [1.29, 1.82) is 0 Å². The summed E-state index contributed by atoms with van der Waals surface area (Å²) >= 11 is 0. The van der Waals surface area contributed by atoms with Gasteiger partial charge in [0.15, 0.2) is 5.69 Å². The molecule has 1 aliphatic heterocycles. The van der Waals surface area contributed by atoms with Crippen LogP contribution in [0.2, 0.25) is 0 Å². The fraction of sp³-hybridized carbons (Fsp3) is 0.0909. The number of hydrogen-bond donors (Lipinski definition) is 1. The molecule has 1 N–H and O–H groups in total. The molecule has 86 valence electrons. The molecule has 0 radical (unpaired) electrons. The predicted octanol–water partition coefficient (Wildman–Crippen LogP) is 0.599. The molecule has 0 fully saturated rings. The van der Waals surface area contributed by atoms with Crippen LogP contribution in [0.1, 0.15) is 17.4 Å². The van der Waals surface area contributed by atoms with E-state index < -0.39 is 17.8 Å². The molecule has 1 aromatic heterocycles. The highest BCUT2D eigenvalue weighted by atomic mass is 16.4. The van der Waals surface area contributed by atoms with Gasteiger partial charge in [-0.25, -0.2) is 14.7 Å². The van der Waals surface area contributed by atoms with Gasteiger partial charge in [-0.05, 0) is 19.1 Å². The second kappa shape index (κ2) is 3.82. The van der Waals surface area contributed by atoms with E-state index in [0.29, 0.717) is 0 Å². The van der Waals surface area contributed by atoms with Gasteiger partial charge < -0.3 is 5.11 Å². The number of amides is 2. The van der Waals surface area contributed by atoms with Crippen molar-refractivity contribution in [2.75, 3.05) is 4.90 Å². The molecule has 0 spiro atoms. The lowest BCUT2D eigenvalue weighted by Crippen LogP contribution is -2.32. The molecule has 0 atom stereocenters. The van der Waals surface area contributed by atoms with Gasteiger partial charge in [0.25, 0.3) is 11.8 Å². The molecule has 6 nitrogen and oxygen atoms in total. The van der Waals surface area contributed by atoms with Crippen molar-refractivity contribution < 1.29 is 19.5 Å². The summed E-state index contributed by atoms with van der Waals surface area (Å²) in [5.41, 5.74) is -0.0596. The predicted molar refractivity (Wildman–Crippen MR) is 57.4 cm³/mol. The average Bonchev–Trinajstić information content (AvgIpc) is 2.53. The Morgan fingerprint density at radius 3 is 2.65 bits per heavy atom. The van der Waals surface area contributed by atoms with Gasteiger partial charge >= 0.3 is 5.97 Å². The van der Waals surface area contributed by atoms with E-state index >= 15 is 0 Å². The van der Waals surface area contributed by atoms with Crippen LogP contribution in [0, 0.1) is 0 Å². The first-order chi connectivity index (χ1) is 8.02. The first-order valence-corrected chi connectivity index (χ1v) is 4.77. The number of nitrogens with zero attached hydrogens (tertiary/aromatic N) is 2. The SMILES string of the molecule is CC1=CC(=O)N(c2cccnc2C(=O)O)C1=O. The van der Waals surface area contributed by atoms with E-state index in [1.807, 2.05) is 0 Å². The van der Waals surface area contributed by atoms with Crippen molar-refractivity contribution in [3.05, 3.63) is 35.7 Å². The highest BCUT2D eigenvalue weighted by Crippen LogP contribution is 2.24. The Balaban J connectivity index is 2.53. The van der Waals surface area contributed by atoms with Crippen molar-refractivity contribution in [2.45, 2.75) is 6.92 Å². The number of carboxylic acids is 1. The first kappa shape index (κ1) is 11.0. The summed E-state index contributed by atoms with van der Waals surface area (Å²) in [4.78, 5) is 38.7. The highest BCUT2D eigenvalue weighted by Gasteiger charge is 2.32. The zero-order valence-corrected chi connectivity index (χ0v) is 8.88. The van der Waals surface area contributed by atoms with Crippen LogP contribution in [-0.2, 0) is 9.59 Å². The maximum Gasteiger partial charge on any atom is 0.356 e. The van der Waals surface area contributed by atoms with Crippen LogP contribution < -0.4 is 4.90 Å². The first-order valence-electron chi connectivity index (χ1n) is 4.77. The molecule has 17 heavy (non-hydrogen) atoms. The summed E-state index contributed by atoms with van der Waals surface area (Å²) in [7, 11) is 0. The number of pyridine rings is 1. The number of anilines is 1. The molecule has 2 amide bonds. The smallest absolute Gasteiger partial charge is 0.356 e. The third-order valence-corrected chi connectivity index (χ3v) is 2.33. The minimum Gasteiger partial charge on any atom is -0.476 e. The topological polar surface area (TPSA) is 87.6 Å². The minimum absolute atomic E-state index is 0.0110. The Bertz CT molecular complexity index is 562. The summed E-state index contributed by atoms with van der Waals surface area (Å²) in [5.74, 6) is -2.36. The third kappa shape index (κ3) is 1.69. The maximum atomic E-state index is 11.7. The average molecular weight is 232 g/mol. The van der Waals surface area contributed by atoms with Gasteiger partial charge in [0.05, 0.1) is 5.69 Å². The molecular weight excluding hydrogens is 224 g/mol. The zero-order valence-electron chi connectivity index (χ0n) is 8.88. The molecule has 0 bridgehead atoms. The third-order valence-electron chi connectivity index (χ3n) is 2.33. The second-order valence-corrected chi connectivity index (χ2v) is 3.48. The fourth-order valence-electron chi connectivity index (χ4n) is 1.56. The molecule has 0 saturated heterocycles. The number of carboxylic acid groups (broad SMARTS) is 1. The molecule has 0 aliphatic carbocycles. The Morgan fingerprint density at radius 2 is 2.12 bits per heavy atom. The molecule has 2 rings (SSSR count). The lowest BCUT2D eigenvalue weighted by Gasteiger charge is -2.15. The van der Waals surface area contributed by atoms with Crippen LogP contribution in [0.4, 0.5) is 5.69 Å². The van der Waals surface area contributed by atoms with Crippen LogP contribution in [0.3, 0.4) is 0 Å². The molecular formula is C11H8N2O4. The fourth-order valence-corrected chi connectivity index (χ4v) is 1.56. The van der Waals surface area contributed by atoms with Gasteiger partial charge in [-0.15, -0.1) is 0 Å². The number of carbonyl (C=O) groups excluding carboxylic acids is 2. The highest BCUT2D eigenvalue weighted by molar-refractivity contribution is 6.31. The van der Waals surface area contributed by atoms with Gasteiger partial charge in [0.1, 0.15) is 0 Å². The standard InChI is InChI=1S/C11H8N2O4/c1-6-5-8(14)13(10(6)15)7-3-2-4-12-9(7)11(16)17/h2-5H,1H3,(H,16,17). The van der Waals surface area contributed by atoms with E-state index in [1.165, 1.54) is 31.3 Å². The number of carbonyl (C=O) groups is 3. The van der Waals surface area contributed by atoms with E-state index in [-0.39, 0.29) is 17.0 Å². The van der Waals surface area contributed by atoms with Gasteiger partial charge in [-0.2, -0.15) is 0 Å². The Hall–Kier alpha value is -2.50. The summed E-state index contributed by atoms with van der Waals surface area (Å²) in [6, 6.07) is 2.84. The van der Waals surface area contributed by atoms with E-state index in [2.05, 4.69) is 4.98 Å². The minimum atomic E-state index is -1.29. The van der Waals surface area contributed by atoms with Crippen LogP contribution in [0.15, 0.2) is 30.0 Å². The van der Waals surface area contributed by atoms with Crippen LogP contribution in [-0.4, -0.2) is 27.9 Å². The maximum absolute atomic E-state index is 11.7. The molecule has 0 aromatic carbocycles. The number of aromatic nitrogens is 1. The van der Waals surface area contributed by atoms with Crippen molar-refractivity contribution >= 4 is 23.5 Å². The summed E-state index contributed by atoms with van der Waals surface area (Å²) in [5, 5.41) is 8.94. The molecule has 6 heteroatoms. The second-order valence-electron chi connectivity index (χ2n) is 3.48. The van der Waals surface area contributed by atoms with Crippen molar-refractivity contribution in [3.63, 3.8) is 0 Å². The van der Waals surface area contributed by atoms with E-state index in [9.17, 15) is 14.4 Å². The Morgan fingerprint density at radius 1 is 1.41 bits per heavy atom. The Kier molecular flexibility index (Phi) is 2.47. The molecule has 1 aliphatic rings. The monoisotopic (exact) mass is 232 g/mol. The summed E-state index contributed by atoms with van der Waals surface area (Å²) in [6.45, 7) is 1.50. The van der Waals surface area contributed by atoms with Gasteiger partial charge in [-0.3, -0.25) is 9.59 Å². The molecule has 0 saturated carbocycles. The van der Waals surface area contributed by atoms with Gasteiger partial charge in [0.2, 0.25) is 0 Å². The van der Waals surface area contributed by atoms with Crippen molar-refractivity contribution in [3.8, 4) is 0 Å². The molecule has 2 heterocycles. The molecule has 0 unspecified atom stereocenters. The number of rotatable bonds is 2. The number of aromatic carboxylic acids is 1. The summed E-state index contributed by atoms with van der Waals surface area (Å²) < 4.78 is 0. The van der Waals surface area contributed by atoms with Crippen LogP contribution in [0.25, 0.3) is 0 Å². The van der Waals surface area contributed by atoms with Crippen LogP contribution >= 0.6 is 0 Å². The Labute approximate surface area is 96.2 Å². The van der Waals surface area contributed by atoms with E-state index in [1.54, 1.807) is 0 Å². The lowest BCUT2D eigenvalue weighted by atomic mass is 10.2. The van der Waals surface area contributed by atoms with E-state index in [4.69, 9.17) is 5.11 Å². The van der Waals surface area contributed by atoms with Gasteiger partial charge in [0, 0.05) is 17.8 Å².